The van der Waals surface area contributed by atoms with Crippen LogP contribution in [0.25, 0.3) is 0 Å². The van der Waals surface area contributed by atoms with Gasteiger partial charge in [0, 0.05) is 16.6 Å². The number of allylic oxidation sites excluding steroid dienone is 4. The van der Waals surface area contributed by atoms with Crippen molar-refractivity contribution >= 4 is 17.3 Å². The smallest absolute Gasteiger partial charge is 0.231 e. The summed E-state index contributed by atoms with van der Waals surface area (Å²) in [5, 5.41) is 10.7. The van der Waals surface area contributed by atoms with Crippen molar-refractivity contribution in [3.05, 3.63) is 33.8 Å². The number of aliphatic hydroxyl groups is 1. The first-order chi connectivity index (χ1) is 12.0. The predicted octanol–water partition coefficient (Wildman–Crippen LogP) is 3.60. The van der Waals surface area contributed by atoms with Crippen LogP contribution < -0.4 is 0 Å². The third-order valence-corrected chi connectivity index (χ3v) is 6.12. The van der Waals surface area contributed by atoms with E-state index in [0.29, 0.717) is 12.0 Å². The minimum Gasteiger partial charge on any atom is -0.504 e. The summed E-state index contributed by atoms with van der Waals surface area (Å²) in [5.41, 5.74) is -0.447. The molecule has 0 aromatic rings. The van der Waals surface area contributed by atoms with E-state index in [1.165, 1.54) is 7.11 Å². The molecule has 5 heteroatoms. The second kappa shape index (κ2) is 5.66. The van der Waals surface area contributed by atoms with Gasteiger partial charge in [-0.15, -0.1) is 0 Å². The molecule has 0 bridgehead atoms. The van der Waals surface area contributed by atoms with Gasteiger partial charge in [0.1, 0.15) is 0 Å². The zero-order valence-electron chi connectivity index (χ0n) is 16.3. The summed E-state index contributed by atoms with van der Waals surface area (Å²) in [6.07, 6.45) is 2.26. The van der Waals surface area contributed by atoms with Gasteiger partial charge in [-0.05, 0) is 29.7 Å². The Labute approximate surface area is 153 Å². The first-order valence-electron chi connectivity index (χ1n) is 9.10. The highest BCUT2D eigenvalue weighted by Crippen LogP contribution is 2.59. The number of hydrogen-bond acceptors (Lipinski definition) is 5. The molecule has 0 radical (unpaired) electrons. The molecule has 1 unspecified atom stereocenters. The topological polar surface area (TPSA) is 80.7 Å². The fourth-order valence-electron chi connectivity index (χ4n) is 5.12. The number of hydrogen-bond donors (Lipinski definition) is 1. The van der Waals surface area contributed by atoms with Gasteiger partial charge < -0.3 is 9.84 Å². The lowest BCUT2D eigenvalue weighted by Crippen LogP contribution is -2.47. The molecular formula is C21H26O5. The van der Waals surface area contributed by atoms with E-state index in [1.54, 1.807) is 13.8 Å². The molecule has 0 saturated heterocycles. The van der Waals surface area contributed by atoms with Crippen LogP contribution in [0.2, 0.25) is 0 Å². The number of ether oxygens (including phenoxy) is 1. The molecule has 1 fully saturated rings. The first kappa shape index (κ1) is 18.6. The average molecular weight is 358 g/mol. The standard InChI is InChI=1S/C21H26O5/c1-10(2)11-14(22)12-13(16(24)18(11)26-6)21(5)9-7-8-20(3,4)19(21)17(25)15(12)23/h10,25H,7-9H2,1-6H3. The van der Waals surface area contributed by atoms with Gasteiger partial charge >= 0.3 is 0 Å². The van der Waals surface area contributed by atoms with Crippen molar-refractivity contribution in [1.82, 2.24) is 0 Å². The highest BCUT2D eigenvalue weighted by molar-refractivity contribution is 6.39. The van der Waals surface area contributed by atoms with E-state index in [2.05, 4.69) is 0 Å². The molecule has 0 aromatic carbocycles. The van der Waals surface area contributed by atoms with E-state index in [4.69, 9.17) is 4.74 Å². The van der Waals surface area contributed by atoms with Crippen LogP contribution >= 0.6 is 0 Å². The average Bonchev–Trinajstić information content (AvgIpc) is 2.52. The van der Waals surface area contributed by atoms with Crippen LogP contribution in [0.5, 0.6) is 0 Å². The first-order valence-corrected chi connectivity index (χ1v) is 9.10. The van der Waals surface area contributed by atoms with E-state index < -0.39 is 28.2 Å². The second-order valence-electron chi connectivity index (χ2n) is 8.63. The summed E-state index contributed by atoms with van der Waals surface area (Å²) < 4.78 is 5.32. The van der Waals surface area contributed by atoms with Gasteiger partial charge in [-0.1, -0.05) is 41.0 Å². The lowest BCUT2D eigenvalue weighted by molar-refractivity contribution is -0.124. The maximum atomic E-state index is 13.3. The summed E-state index contributed by atoms with van der Waals surface area (Å²) in [4.78, 5) is 39.4. The third-order valence-electron chi connectivity index (χ3n) is 6.12. The molecule has 0 amide bonds. The number of carbonyl (C=O) groups is 3. The van der Waals surface area contributed by atoms with Gasteiger partial charge in [0.05, 0.1) is 12.7 Å². The van der Waals surface area contributed by atoms with E-state index in [1.807, 2.05) is 20.8 Å². The molecule has 1 N–H and O–H groups in total. The molecule has 0 aromatic heterocycles. The number of methoxy groups -OCH3 is 1. The Balaban J connectivity index is 2.33. The highest BCUT2D eigenvalue weighted by atomic mass is 16.5. The summed E-state index contributed by atoms with van der Waals surface area (Å²) in [5.74, 6) is -2.22. The minimum atomic E-state index is -0.839. The Morgan fingerprint density at radius 3 is 2.15 bits per heavy atom. The molecule has 5 nitrogen and oxygen atoms in total. The van der Waals surface area contributed by atoms with Crippen LogP contribution in [0.4, 0.5) is 0 Å². The lowest BCUT2D eigenvalue weighted by atomic mass is 9.52. The molecule has 0 heterocycles. The highest BCUT2D eigenvalue weighted by Gasteiger charge is 2.56. The Morgan fingerprint density at radius 2 is 1.62 bits per heavy atom. The fourth-order valence-corrected chi connectivity index (χ4v) is 5.12. The van der Waals surface area contributed by atoms with Gasteiger partial charge in [-0.25, -0.2) is 0 Å². The molecule has 0 spiro atoms. The number of carbonyl (C=O) groups excluding carboxylic acids is 3. The number of Topliss-reactive ketones (excluding diaryl/α,β-unsaturated/α-hetero) is 3. The van der Waals surface area contributed by atoms with Crippen LogP contribution in [-0.2, 0) is 19.1 Å². The summed E-state index contributed by atoms with van der Waals surface area (Å²) in [6.45, 7) is 9.36. The Morgan fingerprint density at radius 1 is 1.00 bits per heavy atom. The van der Waals surface area contributed by atoms with Gasteiger partial charge in [-0.3, -0.25) is 14.4 Å². The van der Waals surface area contributed by atoms with Crippen LogP contribution in [0.15, 0.2) is 33.8 Å². The molecular weight excluding hydrogens is 332 g/mol. The molecule has 3 rings (SSSR count). The third kappa shape index (κ3) is 2.19. The summed E-state index contributed by atoms with van der Waals surface area (Å²) in [6, 6.07) is 0. The number of aliphatic hydroxyl groups excluding tert-OH is 1. The molecule has 26 heavy (non-hydrogen) atoms. The maximum absolute atomic E-state index is 13.3. The predicted molar refractivity (Wildman–Crippen MR) is 96.3 cm³/mol. The summed E-state index contributed by atoms with van der Waals surface area (Å²) >= 11 is 0. The molecule has 3 aliphatic rings. The SMILES string of the molecule is COC1=C(C(C)C)C(=O)C2=C(C1=O)C1(C)CCCC(C)(C)C1=C(O)C2=O. The molecule has 3 aliphatic carbocycles. The monoisotopic (exact) mass is 358 g/mol. The van der Waals surface area contributed by atoms with E-state index >= 15 is 0 Å². The normalized spacial score (nSPS) is 28.7. The van der Waals surface area contributed by atoms with Crippen molar-refractivity contribution in [2.24, 2.45) is 16.7 Å². The van der Waals surface area contributed by atoms with Gasteiger partial charge in [0.25, 0.3) is 0 Å². The van der Waals surface area contributed by atoms with Gasteiger partial charge in [-0.2, -0.15) is 0 Å². The minimum absolute atomic E-state index is 0.0295. The number of rotatable bonds is 2. The van der Waals surface area contributed by atoms with Crippen molar-refractivity contribution in [3.8, 4) is 0 Å². The Hall–Kier alpha value is -2.17. The maximum Gasteiger partial charge on any atom is 0.231 e. The molecule has 0 aliphatic heterocycles. The van der Waals surface area contributed by atoms with E-state index in [0.717, 1.165) is 12.8 Å². The van der Waals surface area contributed by atoms with Crippen molar-refractivity contribution in [2.75, 3.05) is 7.11 Å². The molecule has 140 valence electrons. The Bertz CT molecular complexity index is 834. The molecule has 1 saturated carbocycles. The second-order valence-corrected chi connectivity index (χ2v) is 8.63. The summed E-state index contributed by atoms with van der Waals surface area (Å²) in [7, 11) is 1.38. The van der Waals surface area contributed by atoms with Gasteiger partial charge in [0.15, 0.2) is 17.3 Å². The van der Waals surface area contributed by atoms with Crippen LogP contribution in [0, 0.1) is 16.7 Å². The fraction of sp³-hybridized carbons (Fsp3) is 0.571. The molecule has 1 atom stereocenters. The largest absolute Gasteiger partial charge is 0.504 e. The van der Waals surface area contributed by atoms with Gasteiger partial charge in [0.2, 0.25) is 11.6 Å². The zero-order valence-corrected chi connectivity index (χ0v) is 16.3. The van der Waals surface area contributed by atoms with Crippen molar-refractivity contribution < 1.29 is 24.2 Å². The zero-order chi connectivity index (χ0) is 19.6. The van der Waals surface area contributed by atoms with Crippen molar-refractivity contribution in [1.29, 1.82) is 0 Å². The number of ketones is 3. The van der Waals surface area contributed by atoms with E-state index in [-0.39, 0.29) is 34.2 Å². The Kier molecular flexibility index (Phi) is 4.05. The van der Waals surface area contributed by atoms with Crippen LogP contribution in [-0.4, -0.2) is 29.6 Å². The quantitative estimate of drug-likeness (QED) is 0.602. The van der Waals surface area contributed by atoms with E-state index in [9.17, 15) is 19.5 Å². The number of fused-ring (bicyclic) bond motifs is 2. The van der Waals surface area contributed by atoms with Crippen LogP contribution in [0.1, 0.15) is 53.9 Å². The van der Waals surface area contributed by atoms with Crippen LogP contribution in [0.3, 0.4) is 0 Å². The van der Waals surface area contributed by atoms with Crippen molar-refractivity contribution in [2.45, 2.75) is 53.9 Å². The van der Waals surface area contributed by atoms with Crippen molar-refractivity contribution in [3.63, 3.8) is 0 Å². The lowest BCUT2D eigenvalue weighted by Gasteiger charge is -2.49.